The van der Waals surface area contributed by atoms with E-state index in [1.54, 1.807) is 0 Å². The minimum Gasteiger partial charge on any atom is -0.479 e. The first-order valence-electron chi connectivity index (χ1n) is 5.36. The number of non-ortho nitro benzene ring substituents is 1. The topological polar surface area (TPSA) is 110 Å². The van der Waals surface area contributed by atoms with Crippen LogP contribution in [-0.4, -0.2) is 33.6 Å². The van der Waals surface area contributed by atoms with Gasteiger partial charge in [-0.2, -0.15) is 13.2 Å². The summed E-state index contributed by atoms with van der Waals surface area (Å²) in [6.07, 6.45) is -5.24. The SMILES string of the molecule is CC(NC(=O)c1cccc([N+](=O)[O-])c1)(C(=O)O)C(F)(F)F. The number of rotatable bonds is 4. The standard InChI is InChI=1S/C11H9F3N2O5/c1-10(9(18)19,11(12,13)14)15-8(17)6-3-2-4-7(5-6)16(20)21/h2-5H,1H3,(H,15,17)(H,18,19). The first-order chi connectivity index (χ1) is 9.49. The quantitative estimate of drug-likeness (QED) is 0.650. The molecular formula is C11H9F3N2O5. The molecule has 0 bridgehead atoms. The summed E-state index contributed by atoms with van der Waals surface area (Å²) < 4.78 is 38.2. The van der Waals surface area contributed by atoms with Gasteiger partial charge < -0.3 is 10.4 Å². The van der Waals surface area contributed by atoms with Crippen LogP contribution in [0.3, 0.4) is 0 Å². The van der Waals surface area contributed by atoms with Gasteiger partial charge in [-0.25, -0.2) is 4.79 Å². The van der Waals surface area contributed by atoms with Gasteiger partial charge in [0.1, 0.15) is 0 Å². The number of carboxylic acids is 1. The van der Waals surface area contributed by atoms with Gasteiger partial charge in [-0.05, 0) is 13.0 Å². The van der Waals surface area contributed by atoms with Crippen molar-refractivity contribution in [1.82, 2.24) is 5.32 Å². The maximum atomic E-state index is 12.7. The highest BCUT2D eigenvalue weighted by Gasteiger charge is 2.58. The molecule has 10 heteroatoms. The lowest BCUT2D eigenvalue weighted by atomic mass is 10.0. The number of carbonyl (C=O) groups is 2. The Labute approximate surface area is 115 Å². The van der Waals surface area contributed by atoms with Crippen LogP contribution in [0.25, 0.3) is 0 Å². The predicted molar refractivity (Wildman–Crippen MR) is 62.7 cm³/mol. The second-order valence-electron chi connectivity index (χ2n) is 4.19. The Morgan fingerprint density at radius 2 is 1.90 bits per heavy atom. The second-order valence-corrected chi connectivity index (χ2v) is 4.19. The van der Waals surface area contributed by atoms with Crippen molar-refractivity contribution < 1.29 is 32.8 Å². The molecular weight excluding hydrogens is 297 g/mol. The van der Waals surface area contributed by atoms with E-state index in [4.69, 9.17) is 5.11 Å². The zero-order chi connectivity index (χ0) is 16.4. The summed E-state index contributed by atoms with van der Waals surface area (Å²) in [5.74, 6) is -3.69. The van der Waals surface area contributed by atoms with Crippen LogP contribution in [0, 0.1) is 10.1 Å². The third kappa shape index (κ3) is 3.27. The van der Waals surface area contributed by atoms with Gasteiger partial charge in [0.05, 0.1) is 4.92 Å². The zero-order valence-electron chi connectivity index (χ0n) is 10.5. The van der Waals surface area contributed by atoms with Crippen LogP contribution in [0.4, 0.5) is 18.9 Å². The number of nitro groups is 1. The molecule has 0 heterocycles. The second kappa shape index (κ2) is 5.38. The monoisotopic (exact) mass is 306 g/mol. The Morgan fingerprint density at radius 3 is 2.33 bits per heavy atom. The van der Waals surface area contributed by atoms with E-state index in [1.165, 1.54) is 5.32 Å². The highest BCUT2D eigenvalue weighted by Crippen LogP contribution is 2.30. The van der Waals surface area contributed by atoms with Gasteiger partial charge in [-0.1, -0.05) is 6.07 Å². The number of halogens is 3. The van der Waals surface area contributed by atoms with Crippen LogP contribution < -0.4 is 5.32 Å². The molecule has 0 spiro atoms. The Bertz CT molecular complexity index is 602. The molecule has 1 aromatic carbocycles. The molecule has 0 aliphatic carbocycles. The summed E-state index contributed by atoms with van der Waals surface area (Å²) in [4.78, 5) is 32.1. The molecule has 0 aliphatic rings. The lowest BCUT2D eigenvalue weighted by Gasteiger charge is -2.28. The van der Waals surface area contributed by atoms with Gasteiger partial charge in [0, 0.05) is 17.7 Å². The van der Waals surface area contributed by atoms with Crippen LogP contribution in [0.15, 0.2) is 24.3 Å². The minimum atomic E-state index is -5.24. The fourth-order valence-corrected chi connectivity index (χ4v) is 1.31. The number of nitrogens with one attached hydrogen (secondary N) is 1. The van der Waals surface area contributed by atoms with E-state index in [1.807, 2.05) is 0 Å². The molecule has 0 aromatic heterocycles. The minimum absolute atomic E-state index is 0.282. The van der Waals surface area contributed by atoms with E-state index < -0.39 is 39.8 Å². The summed E-state index contributed by atoms with van der Waals surface area (Å²) in [7, 11) is 0. The molecule has 21 heavy (non-hydrogen) atoms. The number of carboxylic acid groups (broad SMARTS) is 1. The number of hydrogen-bond donors (Lipinski definition) is 2. The predicted octanol–water partition coefficient (Wildman–Crippen LogP) is 1.73. The Balaban J connectivity index is 3.12. The van der Waals surface area contributed by atoms with Crippen LogP contribution >= 0.6 is 0 Å². The van der Waals surface area contributed by atoms with Crippen molar-refractivity contribution in [3.8, 4) is 0 Å². The number of aliphatic carboxylic acids is 1. The lowest BCUT2D eigenvalue weighted by molar-refractivity contribution is -0.384. The third-order valence-corrected chi connectivity index (χ3v) is 2.68. The molecule has 1 unspecified atom stereocenters. The van der Waals surface area contributed by atoms with E-state index in [0.717, 1.165) is 24.3 Å². The molecule has 0 radical (unpaired) electrons. The third-order valence-electron chi connectivity index (χ3n) is 2.68. The summed E-state index contributed by atoms with van der Waals surface area (Å²) >= 11 is 0. The van der Waals surface area contributed by atoms with Gasteiger partial charge in [-0.3, -0.25) is 14.9 Å². The molecule has 0 saturated heterocycles. The maximum absolute atomic E-state index is 12.7. The number of amides is 1. The molecule has 1 rings (SSSR count). The maximum Gasteiger partial charge on any atom is 0.422 e. The van der Waals surface area contributed by atoms with Crippen LogP contribution in [0.1, 0.15) is 17.3 Å². The van der Waals surface area contributed by atoms with E-state index in [0.29, 0.717) is 0 Å². The van der Waals surface area contributed by atoms with Crippen LogP contribution in [0.2, 0.25) is 0 Å². The first-order valence-corrected chi connectivity index (χ1v) is 5.36. The molecule has 114 valence electrons. The summed E-state index contributed by atoms with van der Waals surface area (Å²) in [6.45, 7) is 0.282. The largest absolute Gasteiger partial charge is 0.479 e. The summed E-state index contributed by atoms with van der Waals surface area (Å²) in [5, 5.41) is 20.5. The molecule has 0 fully saturated rings. The number of benzene rings is 1. The number of nitro benzene ring substituents is 1. The Hall–Kier alpha value is -2.65. The molecule has 1 aromatic rings. The van der Waals surface area contributed by atoms with Gasteiger partial charge in [0.25, 0.3) is 11.6 Å². The fourth-order valence-electron chi connectivity index (χ4n) is 1.31. The van der Waals surface area contributed by atoms with Crippen LogP contribution in [-0.2, 0) is 4.79 Å². The van der Waals surface area contributed by atoms with E-state index in [2.05, 4.69) is 0 Å². The van der Waals surface area contributed by atoms with Gasteiger partial charge in [0.15, 0.2) is 0 Å². The van der Waals surface area contributed by atoms with Crippen molar-refractivity contribution in [3.05, 3.63) is 39.9 Å². The number of hydrogen-bond acceptors (Lipinski definition) is 4. The van der Waals surface area contributed by atoms with E-state index >= 15 is 0 Å². The fraction of sp³-hybridized carbons (Fsp3) is 0.273. The summed E-state index contributed by atoms with van der Waals surface area (Å²) in [5.41, 5.74) is -4.47. The van der Waals surface area contributed by atoms with Crippen molar-refractivity contribution in [1.29, 1.82) is 0 Å². The molecule has 0 saturated carbocycles. The van der Waals surface area contributed by atoms with Gasteiger partial charge >= 0.3 is 12.1 Å². The highest BCUT2D eigenvalue weighted by molar-refractivity contribution is 5.98. The number of alkyl halides is 3. The average Bonchev–Trinajstić information content (AvgIpc) is 2.37. The van der Waals surface area contributed by atoms with Crippen molar-refractivity contribution in [2.75, 3.05) is 0 Å². The van der Waals surface area contributed by atoms with Crippen molar-refractivity contribution in [3.63, 3.8) is 0 Å². The average molecular weight is 306 g/mol. The Morgan fingerprint density at radius 1 is 1.33 bits per heavy atom. The normalized spacial score (nSPS) is 14.1. The smallest absolute Gasteiger partial charge is 0.422 e. The van der Waals surface area contributed by atoms with Crippen molar-refractivity contribution in [2.24, 2.45) is 0 Å². The van der Waals surface area contributed by atoms with Crippen LogP contribution in [0.5, 0.6) is 0 Å². The highest BCUT2D eigenvalue weighted by atomic mass is 19.4. The molecule has 1 amide bonds. The molecule has 2 N–H and O–H groups in total. The zero-order valence-corrected chi connectivity index (χ0v) is 10.5. The van der Waals surface area contributed by atoms with Crippen molar-refractivity contribution in [2.45, 2.75) is 18.6 Å². The van der Waals surface area contributed by atoms with E-state index in [-0.39, 0.29) is 6.92 Å². The first kappa shape index (κ1) is 16.4. The lowest BCUT2D eigenvalue weighted by Crippen LogP contribution is -2.61. The molecule has 0 aliphatic heterocycles. The Kier molecular flexibility index (Phi) is 4.21. The van der Waals surface area contributed by atoms with Gasteiger partial charge in [-0.15, -0.1) is 0 Å². The summed E-state index contributed by atoms with van der Waals surface area (Å²) in [6, 6.07) is 3.91. The molecule has 1 atom stereocenters. The van der Waals surface area contributed by atoms with Crippen molar-refractivity contribution >= 4 is 17.6 Å². The molecule has 7 nitrogen and oxygen atoms in total. The van der Waals surface area contributed by atoms with E-state index in [9.17, 15) is 32.9 Å². The number of nitrogens with zero attached hydrogens (tertiary/aromatic N) is 1. The number of carbonyl (C=O) groups excluding carboxylic acids is 1. The van der Waals surface area contributed by atoms with Gasteiger partial charge in [0.2, 0.25) is 5.54 Å².